The number of halogens is 1. The first kappa shape index (κ1) is 16.8. The molecule has 3 rings (SSSR count). The van der Waals surface area contributed by atoms with Crippen molar-refractivity contribution < 1.29 is 18.7 Å². The molecule has 0 atom stereocenters. The molecule has 0 radical (unpaired) electrons. The molecule has 0 aliphatic rings. The van der Waals surface area contributed by atoms with Crippen LogP contribution in [0.15, 0.2) is 65.3 Å². The maximum Gasteiger partial charge on any atom is 0.343 e. The van der Waals surface area contributed by atoms with E-state index in [2.05, 4.69) is 5.32 Å². The highest BCUT2D eigenvalue weighted by molar-refractivity contribution is 6.32. The van der Waals surface area contributed by atoms with Crippen LogP contribution in [-0.4, -0.2) is 11.9 Å². The molecule has 1 amide bonds. The van der Waals surface area contributed by atoms with Gasteiger partial charge in [-0.05, 0) is 48.9 Å². The van der Waals surface area contributed by atoms with E-state index >= 15 is 0 Å². The SMILES string of the molecule is Cc1ccc(C(=O)Oc2ccccc2Cl)cc1NC(=O)c1ccco1. The Morgan fingerprint density at radius 1 is 1.08 bits per heavy atom. The number of aryl methyl sites for hydroxylation is 1. The minimum absolute atomic E-state index is 0.184. The number of nitrogens with one attached hydrogen (secondary N) is 1. The Kier molecular flexibility index (Phi) is 4.86. The average molecular weight is 356 g/mol. The van der Waals surface area contributed by atoms with E-state index in [1.54, 1.807) is 54.6 Å². The molecule has 1 aromatic heterocycles. The molecule has 1 N–H and O–H groups in total. The Morgan fingerprint density at radius 3 is 2.60 bits per heavy atom. The molecule has 0 bridgehead atoms. The lowest BCUT2D eigenvalue weighted by Crippen LogP contribution is -2.14. The van der Waals surface area contributed by atoms with Crippen LogP contribution in [0.1, 0.15) is 26.5 Å². The van der Waals surface area contributed by atoms with Crippen molar-refractivity contribution in [3.63, 3.8) is 0 Å². The van der Waals surface area contributed by atoms with Gasteiger partial charge in [0, 0.05) is 5.69 Å². The third kappa shape index (κ3) is 3.89. The zero-order chi connectivity index (χ0) is 17.8. The van der Waals surface area contributed by atoms with Gasteiger partial charge in [-0.25, -0.2) is 4.79 Å². The summed E-state index contributed by atoms with van der Waals surface area (Å²) in [7, 11) is 0. The van der Waals surface area contributed by atoms with Crippen LogP contribution in [0.25, 0.3) is 0 Å². The number of rotatable bonds is 4. The van der Waals surface area contributed by atoms with E-state index in [0.717, 1.165) is 5.56 Å². The van der Waals surface area contributed by atoms with Crippen LogP contribution in [0.3, 0.4) is 0 Å². The van der Waals surface area contributed by atoms with E-state index in [1.807, 2.05) is 6.92 Å². The molecule has 1 heterocycles. The van der Waals surface area contributed by atoms with E-state index in [-0.39, 0.29) is 11.5 Å². The number of carbonyl (C=O) groups is 2. The molecular formula is C19H14ClNO4. The molecule has 6 heteroatoms. The fourth-order valence-corrected chi connectivity index (χ4v) is 2.34. The largest absolute Gasteiger partial charge is 0.459 e. The molecule has 0 aliphatic heterocycles. The fraction of sp³-hybridized carbons (Fsp3) is 0.0526. The molecule has 0 saturated heterocycles. The number of ether oxygens (including phenoxy) is 1. The Labute approximate surface area is 149 Å². The monoisotopic (exact) mass is 355 g/mol. The second-order valence-corrected chi connectivity index (χ2v) is 5.69. The number of esters is 1. The predicted octanol–water partition coefficient (Wildman–Crippen LogP) is 4.71. The maximum absolute atomic E-state index is 12.3. The highest BCUT2D eigenvalue weighted by Crippen LogP contribution is 2.25. The first-order chi connectivity index (χ1) is 12.0. The molecule has 0 spiro atoms. The summed E-state index contributed by atoms with van der Waals surface area (Å²) in [6.07, 6.45) is 1.42. The van der Waals surface area contributed by atoms with Crippen LogP contribution >= 0.6 is 11.6 Å². The van der Waals surface area contributed by atoms with E-state index in [0.29, 0.717) is 16.3 Å². The van der Waals surface area contributed by atoms with Crippen LogP contribution in [-0.2, 0) is 0 Å². The Hall–Kier alpha value is -3.05. The molecule has 2 aromatic carbocycles. The molecule has 0 saturated carbocycles. The van der Waals surface area contributed by atoms with Gasteiger partial charge in [0.15, 0.2) is 5.76 Å². The molecule has 126 valence electrons. The minimum Gasteiger partial charge on any atom is -0.459 e. The highest BCUT2D eigenvalue weighted by Gasteiger charge is 2.15. The number of hydrogen-bond acceptors (Lipinski definition) is 4. The smallest absolute Gasteiger partial charge is 0.343 e. The van der Waals surface area contributed by atoms with Crippen molar-refractivity contribution in [1.82, 2.24) is 0 Å². The van der Waals surface area contributed by atoms with E-state index in [1.165, 1.54) is 6.26 Å². The maximum atomic E-state index is 12.3. The minimum atomic E-state index is -0.568. The van der Waals surface area contributed by atoms with E-state index in [4.69, 9.17) is 20.8 Å². The normalized spacial score (nSPS) is 10.3. The number of hydrogen-bond donors (Lipinski definition) is 1. The third-order valence-electron chi connectivity index (χ3n) is 3.51. The molecule has 3 aromatic rings. The van der Waals surface area contributed by atoms with E-state index < -0.39 is 11.9 Å². The van der Waals surface area contributed by atoms with Crippen molar-refractivity contribution in [1.29, 1.82) is 0 Å². The lowest BCUT2D eigenvalue weighted by atomic mass is 10.1. The third-order valence-corrected chi connectivity index (χ3v) is 3.82. The van der Waals surface area contributed by atoms with Crippen LogP contribution in [0, 0.1) is 6.92 Å². The first-order valence-electron chi connectivity index (χ1n) is 7.47. The summed E-state index contributed by atoms with van der Waals surface area (Å²) in [4.78, 5) is 24.4. The number of para-hydroxylation sites is 1. The zero-order valence-electron chi connectivity index (χ0n) is 13.3. The van der Waals surface area contributed by atoms with Crippen molar-refractivity contribution in [2.45, 2.75) is 6.92 Å². The van der Waals surface area contributed by atoms with Crippen LogP contribution in [0.2, 0.25) is 5.02 Å². The summed E-state index contributed by atoms with van der Waals surface area (Å²) in [6, 6.07) is 14.8. The van der Waals surface area contributed by atoms with Gasteiger partial charge in [0.2, 0.25) is 0 Å². The van der Waals surface area contributed by atoms with Crippen molar-refractivity contribution in [2.75, 3.05) is 5.32 Å². The van der Waals surface area contributed by atoms with Gasteiger partial charge in [-0.1, -0.05) is 29.8 Å². The molecular weight excluding hydrogens is 342 g/mol. The van der Waals surface area contributed by atoms with Gasteiger partial charge < -0.3 is 14.5 Å². The van der Waals surface area contributed by atoms with Crippen molar-refractivity contribution in [3.8, 4) is 5.75 Å². The summed E-state index contributed by atoms with van der Waals surface area (Å²) in [6.45, 7) is 1.82. The summed E-state index contributed by atoms with van der Waals surface area (Å²) in [5.41, 5.74) is 1.59. The van der Waals surface area contributed by atoms with Crippen LogP contribution in [0.5, 0.6) is 5.75 Å². The predicted molar refractivity (Wildman–Crippen MR) is 94.3 cm³/mol. The molecule has 0 aliphatic carbocycles. The van der Waals surface area contributed by atoms with Gasteiger partial charge in [-0.2, -0.15) is 0 Å². The standard InChI is InChI=1S/C19H14ClNO4/c1-12-8-9-13(19(23)25-16-6-3-2-5-14(16)20)11-15(12)21-18(22)17-7-4-10-24-17/h2-11H,1H3,(H,21,22). The van der Waals surface area contributed by atoms with Gasteiger partial charge in [0.05, 0.1) is 16.8 Å². The molecule has 5 nitrogen and oxygen atoms in total. The average Bonchev–Trinajstić information content (AvgIpc) is 3.13. The number of benzene rings is 2. The number of carbonyl (C=O) groups excluding carboxylic acids is 2. The summed E-state index contributed by atoms with van der Waals surface area (Å²) in [5, 5.41) is 3.06. The molecule has 25 heavy (non-hydrogen) atoms. The van der Waals surface area contributed by atoms with Gasteiger partial charge in [-0.3, -0.25) is 4.79 Å². The van der Waals surface area contributed by atoms with Gasteiger partial charge in [0.25, 0.3) is 5.91 Å². The number of furan rings is 1. The van der Waals surface area contributed by atoms with Gasteiger partial charge in [0.1, 0.15) is 5.75 Å². The Morgan fingerprint density at radius 2 is 1.88 bits per heavy atom. The topological polar surface area (TPSA) is 68.5 Å². The fourth-order valence-electron chi connectivity index (χ4n) is 2.16. The second kappa shape index (κ2) is 7.23. The summed E-state index contributed by atoms with van der Waals surface area (Å²) >= 11 is 5.99. The van der Waals surface area contributed by atoms with Crippen LogP contribution < -0.4 is 10.1 Å². The van der Waals surface area contributed by atoms with Crippen molar-refractivity contribution in [2.24, 2.45) is 0 Å². The lowest BCUT2D eigenvalue weighted by molar-refractivity contribution is 0.0734. The molecule has 0 fully saturated rings. The Bertz CT molecular complexity index is 919. The molecule has 0 unspecified atom stereocenters. The van der Waals surface area contributed by atoms with Gasteiger partial charge in [-0.15, -0.1) is 0 Å². The summed E-state index contributed by atoms with van der Waals surface area (Å²) < 4.78 is 10.4. The van der Waals surface area contributed by atoms with Crippen molar-refractivity contribution in [3.05, 3.63) is 82.8 Å². The lowest BCUT2D eigenvalue weighted by Gasteiger charge is -2.10. The van der Waals surface area contributed by atoms with Gasteiger partial charge >= 0.3 is 5.97 Å². The van der Waals surface area contributed by atoms with Crippen molar-refractivity contribution >= 4 is 29.2 Å². The second-order valence-electron chi connectivity index (χ2n) is 5.28. The first-order valence-corrected chi connectivity index (χ1v) is 7.84. The van der Waals surface area contributed by atoms with E-state index in [9.17, 15) is 9.59 Å². The number of amides is 1. The number of anilines is 1. The zero-order valence-corrected chi connectivity index (χ0v) is 14.0. The summed E-state index contributed by atoms with van der Waals surface area (Å²) in [5.74, 6) is -0.509. The highest BCUT2D eigenvalue weighted by atomic mass is 35.5. The van der Waals surface area contributed by atoms with Crippen LogP contribution in [0.4, 0.5) is 5.69 Å². The quantitative estimate of drug-likeness (QED) is 0.543. The Balaban J connectivity index is 1.80.